The van der Waals surface area contributed by atoms with E-state index in [-0.39, 0.29) is 0 Å². The predicted molar refractivity (Wildman–Crippen MR) is 116 cm³/mol. The van der Waals surface area contributed by atoms with Gasteiger partial charge in [0.1, 0.15) is 33.9 Å². The highest BCUT2D eigenvalue weighted by molar-refractivity contribution is 5.70. The highest BCUT2D eigenvalue weighted by atomic mass is 19.4. The SMILES string of the molecule is Fc1nn(-c2c(F)c(F)c(-c3c(F)c(F)c(-n4nc(F)c(C(F)(F)F)c4C(F)(F)C(F)(F)F)c(F)c3F)c(F)c2F)c(C(F)(F)C(F)(F)F)c1C(F)(F)F. The topological polar surface area (TPSA) is 35.6 Å². The van der Waals surface area contributed by atoms with Crippen molar-refractivity contribution < 1.29 is 114 Å². The maximum absolute atomic E-state index is 15.1. The Balaban J connectivity index is 2.15. The van der Waals surface area contributed by atoms with Crippen molar-refractivity contribution in [1.29, 1.82) is 0 Å². The average Bonchev–Trinajstić information content (AvgIpc) is 3.53. The van der Waals surface area contributed by atoms with Crippen LogP contribution in [0.15, 0.2) is 0 Å². The summed E-state index contributed by atoms with van der Waals surface area (Å²) in [6, 6.07) is 0. The monoisotopic (exact) mass is 838 g/mol. The first-order valence-electron chi connectivity index (χ1n) is 12.4. The molecule has 0 atom stereocenters. The third kappa shape index (κ3) is 5.99. The molecule has 0 unspecified atom stereocenters. The van der Waals surface area contributed by atoms with Gasteiger partial charge in [-0.15, -0.1) is 10.2 Å². The van der Waals surface area contributed by atoms with Gasteiger partial charge in [0.2, 0.25) is 11.9 Å². The van der Waals surface area contributed by atoms with Gasteiger partial charge in [-0.3, -0.25) is 0 Å². The van der Waals surface area contributed by atoms with E-state index < -0.39 is 149 Å². The Hall–Kier alpha value is -4.96. The van der Waals surface area contributed by atoms with E-state index in [1.165, 1.54) is 0 Å². The third-order valence-corrected chi connectivity index (χ3v) is 6.71. The molecule has 0 aliphatic heterocycles. The molecule has 0 radical (unpaired) electrons. The van der Waals surface area contributed by atoms with Crippen LogP contribution in [0, 0.1) is 58.4 Å². The van der Waals surface area contributed by atoms with Gasteiger partial charge in [0.25, 0.3) is 0 Å². The first kappa shape index (κ1) is 41.8. The molecular formula is C24F26N4. The fourth-order valence-corrected chi connectivity index (χ4v) is 4.51. The lowest BCUT2D eigenvalue weighted by molar-refractivity contribution is -0.293. The molecule has 2 heterocycles. The minimum Gasteiger partial charge on any atom is -0.221 e. The fourth-order valence-electron chi connectivity index (χ4n) is 4.51. The van der Waals surface area contributed by atoms with E-state index in [9.17, 15) is 79.0 Å². The van der Waals surface area contributed by atoms with Crippen LogP contribution in [-0.2, 0) is 24.2 Å². The lowest BCUT2D eigenvalue weighted by atomic mass is 9.99. The zero-order chi connectivity index (χ0) is 42.0. The fraction of sp³-hybridized carbons (Fsp3) is 0.250. The summed E-state index contributed by atoms with van der Waals surface area (Å²) in [4.78, 5) is 0. The number of aromatic nitrogens is 4. The van der Waals surface area contributed by atoms with E-state index in [2.05, 4.69) is 0 Å². The van der Waals surface area contributed by atoms with Crippen molar-refractivity contribution in [3.63, 3.8) is 0 Å². The Labute approximate surface area is 274 Å². The minimum absolute atomic E-state index is 1.72. The van der Waals surface area contributed by atoms with Crippen molar-refractivity contribution in [3.05, 3.63) is 80.9 Å². The molecule has 0 aliphatic carbocycles. The Morgan fingerprint density at radius 2 is 0.556 bits per heavy atom. The molecule has 4 rings (SSSR count). The van der Waals surface area contributed by atoms with Crippen LogP contribution < -0.4 is 0 Å². The van der Waals surface area contributed by atoms with Gasteiger partial charge in [0, 0.05) is 0 Å². The van der Waals surface area contributed by atoms with Gasteiger partial charge in [0.15, 0.2) is 46.5 Å². The summed E-state index contributed by atoms with van der Waals surface area (Å²) in [6.07, 6.45) is -28.0. The second-order valence-electron chi connectivity index (χ2n) is 9.95. The van der Waals surface area contributed by atoms with Crippen molar-refractivity contribution in [2.75, 3.05) is 0 Å². The van der Waals surface area contributed by atoms with Crippen LogP contribution in [0.5, 0.6) is 0 Å². The average molecular weight is 838 g/mol. The highest BCUT2D eigenvalue weighted by Crippen LogP contribution is 2.52. The van der Waals surface area contributed by atoms with Gasteiger partial charge in [-0.25, -0.2) is 44.5 Å². The quantitative estimate of drug-likeness (QED) is 0.148. The molecule has 0 saturated carbocycles. The normalized spacial score (nSPS) is 13.7. The maximum Gasteiger partial charge on any atom is 0.459 e. The molecule has 54 heavy (non-hydrogen) atoms. The molecule has 0 saturated heterocycles. The van der Waals surface area contributed by atoms with E-state index in [0.29, 0.717) is 0 Å². The van der Waals surface area contributed by atoms with Crippen LogP contribution in [0.1, 0.15) is 22.5 Å². The van der Waals surface area contributed by atoms with E-state index >= 15 is 35.1 Å². The van der Waals surface area contributed by atoms with Gasteiger partial charge in [-0.05, 0) is 0 Å². The molecule has 0 N–H and O–H groups in total. The number of hydrogen-bond donors (Lipinski definition) is 0. The summed E-state index contributed by atoms with van der Waals surface area (Å²) >= 11 is 0. The lowest BCUT2D eigenvalue weighted by Gasteiger charge is -2.24. The third-order valence-electron chi connectivity index (χ3n) is 6.71. The van der Waals surface area contributed by atoms with E-state index in [4.69, 9.17) is 0 Å². The lowest BCUT2D eigenvalue weighted by Crippen LogP contribution is -2.38. The van der Waals surface area contributed by atoms with Gasteiger partial charge in [0.05, 0.1) is 11.1 Å². The highest BCUT2D eigenvalue weighted by Gasteiger charge is 2.66. The van der Waals surface area contributed by atoms with Gasteiger partial charge < -0.3 is 0 Å². The summed E-state index contributed by atoms with van der Waals surface area (Å²) in [6.45, 7) is 0. The van der Waals surface area contributed by atoms with E-state index in [1.54, 1.807) is 10.2 Å². The molecular weight excluding hydrogens is 838 g/mol. The van der Waals surface area contributed by atoms with Crippen LogP contribution in [0.25, 0.3) is 22.5 Å². The second-order valence-corrected chi connectivity index (χ2v) is 9.95. The first-order valence-corrected chi connectivity index (χ1v) is 12.4. The number of nitrogens with zero attached hydrogens (tertiary/aromatic N) is 4. The maximum atomic E-state index is 15.1. The number of benzene rings is 2. The van der Waals surface area contributed by atoms with Gasteiger partial charge in [-0.2, -0.15) is 79.0 Å². The first-order chi connectivity index (χ1) is 24.1. The summed E-state index contributed by atoms with van der Waals surface area (Å²) < 4.78 is 359. The van der Waals surface area contributed by atoms with Crippen LogP contribution >= 0.6 is 0 Å². The van der Waals surface area contributed by atoms with E-state index in [1.807, 2.05) is 0 Å². The molecule has 0 aliphatic rings. The van der Waals surface area contributed by atoms with E-state index in [0.717, 1.165) is 0 Å². The van der Waals surface area contributed by atoms with Crippen LogP contribution in [-0.4, -0.2) is 31.9 Å². The molecule has 298 valence electrons. The van der Waals surface area contributed by atoms with Gasteiger partial charge in [-0.1, -0.05) is 0 Å². The number of rotatable bonds is 5. The Bertz CT molecular complexity index is 1960. The van der Waals surface area contributed by atoms with Crippen molar-refractivity contribution in [2.45, 2.75) is 36.6 Å². The molecule has 2 aromatic carbocycles. The summed E-state index contributed by atoms with van der Waals surface area (Å²) in [7, 11) is 0. The molecule has 0 bridgehead atoms. The Kier molecular flexibility index (Phi) is 9.50. The largest absolute Gasteiger partial charge is 0.459 e. The summed E-state index contributed by atoms with van der Waals surface area (Å²) in [5.74, 6) is -50.7. The molecule has 4 nitrogen and oxygen atoms in total. The zero-order valence-corrected chi connectivity index (χ0v) is 23.6. The molecule has 2 aromatic heterocycles. The molecule has 0 spiro atoms. The molecule has 30 heteroatoms. The Morgan fingerprint density at radius 1 is 0.333 bits per heavy atom. The number of halogens is 26. The van der Waals surface area contributed by atoms with Crippen molar-refractivity contribution in [2.24, 2.45) is 0 Å². The Morgan fingerprint density at radius 3 is 0.741 bits per heavy atom. The van der Waals surface area contributed by atoms with Crippen molar-refractivity contribution in [3.8, 4) is 22.5 Å². The molecule has 0 fully saturated rings. The number of hydrogen-bond acceptors (Lipinski definition) is 2. The zero-order valence-electron chi connectivity index (χ0n) is 23.6. The summed E-state index contributed by atoms with van der Waals surface area (Å²) in [5.41, 5.74) is -28.7. The van der Waals surface area contributed by atoms with Crippen LogP contribution in [0.2, 0.25) is 0 Å². The molecule has 4 aromatic rings. The van der Waals surface area contributed by atoms with Crippen LogP contribution in [0.4, 0.5) is 114 Å². The number of alkyl halides is 16. The second kappa shape index (κ2) is 12.3. The van der Waals surface area contributed by atoms with Gasteiger partial charge >= 0.3 is 36.6 Å². The van der Waals surface area contributed by atoms with Crippen molar-refractivity contribution >= 4 is 0 Å². The molecule has 0 amide bonds. The minimum atomic E-state index is -7.29. The standard InChI is InChI=1S/C24F26N4/c25-5-1(6(26)10(30)13(9(5)29)53-15(19(35,36)23(45,46)47)3(17(33)51-53)21(39,40)41)2-7(27)11(31)14(12(32)8(2)28)54-16(20(37,38)24(48,49)50)4(18(34)52-54)22(42,43)44. The smallest absolute Gasteiger partial charge is 0.221 e. The van der Waals surface area contributed by atoms with Crippen molar-refractivity contribution in [1.82, 2.24) is 19.6 Å². The summed E-state index contributed by atoms with van der Waals surface area (Å²) in [5, 5.41) is 3.44. The predicted octanol–water partition coefficient (Wildman–Crippen LogP) is 10.5. The van der Waals surface area contributed by atoms with Crippen LogP contribution in [0.3, 0.4) is 0 Å².